The minimum Gasteiger partial charge on any atom is -0.480 e. The van der Waals surface area contributed by atoms with Gasteiger partial charge in [-0.3, -0.25) is 9.52 Å². The van der Waals surface area contributed by atoms with Crippen LogP contribution in [0.5, 0.6) is 0 Å². The zero-order chi connectivity index (χ0) is 20.2. The molecule has 0 radical (unpaired) electrons. The van der Waals surface area contributed by atoms with Gasteiger partial charge in [-0.15, -0.1) is 0 Å². The van der Waals surface area contributed by atoms with E-state index in [1.54, 1.807) is 31.2 Å². The molecule has 2 aromatic carbocycles. The molecule has 8 heteroatoms. The van der Waals surface area contributed by atoms with Crippen molar-refractivity contribution in [2.45, 2.75) is 37.6 Å². The summed E-state index contributed by atoms with van der Waals surface area (Å²) in [6.07, 6.45) is 0.209. The molecule has 2 rings (SSSR count). The molecule has 7 nitrogen and oxygen atoms in total. The molecule has 0 saturated carbocycles. The smallest absolute Gasteiger partial charge is 0.329 e. The maximum absolute atomic E-state index is 12.4. The summed E-state index contributed by atoms with van der Waals surface area (Å²) in [7, 11) is -3.80. The highest BCUT2D eigenvalue weighted by Crippen LogP contribution is 2.18. The minimum atomic E-state index is -3.80. The number of hydrogen-bond donors (Lipinski definition) is 3. The number of aliphatic carboxylic acids is 1. The number of carboxylic acids is 1. The second kappa shape index (κ2) is 7.79. The molecule has 0 aliphatic heterocycles. The van der Waals surface area contributed by atoms with Crippen LogP contribution in [0.15, 0.2) is 53.4 Å². The van der Waals surface area contributed by atoms with Gasteiger partial charge in [0.05, 0.1) is 4.90 Å². The lowest BCUT2D eigenvalue weighted by Gasteiger charge is -2.24. The molecular weight excluding hydrogens is 368 g/mol. The van der Waals surface area contributed by atoms with Crippen molar-refractivity contribution in [3.05, 3.63) is 59.7 Å². The molecule has 2 aromatic rings. The van der Waals surface area contributed by atoms with Gasteiger partial charge in [0, 0.05) is 11.3 Å². The van der Waals surface area contributed by atoms with Gasteiger partial charge in [-0.25, -0.2) is 13.2 Å². The average Bonchev–Trinajstić information content (AvgIpc) is 2.63. The molecule has 1 atom stereocenters. The van der Waals surface area contributed by atoms with Gasteiger partial charge in [0.15, 0.2) is 0 Å². The summed E-state index contributed by atoms with van der Waals surface area (Å²) >= 11 is 0. The van der Waals surface area contributed by atoms with E-state index in [0.29, 0.717) is 5.69 Å². The van der Waals surface area contributed by atoms with E-state index in [2.05, 4.69) is 10.0 Å². The van der Waals surface area contributed by atoms with Crippen LogP contribution >= 0.6 is 0 Å². The highest BCUT2D eigenvalue weighted by molar-refractivity contribution is 7.92. The topological polar surface area (TPSA) is 113 Å². The van der Waals surface area contributed by atoms with Crippen LogP contribution in [0.25, 0.3) is 0 Å². The second-order valence-electron chi connectivity index (χ2n) is 6.44. The first-order valence-corrected chi connectivity index (χ1v) is 9.81. The van der Waals surface area contributed by atoms with Crippen molar-refractivity contribution in [3.8, 4) is 0 Å². The van der Waals surface area contributed by atoms with Crippen LogP contribution in [0.2, 0.25) is 0 Å². The van der Waals surface area contributed by atoms with E-state index in [1.807, 2.05) is 6.92 Å². The lowest BCUT2D eigenvalue weighted by atomic mass is 9.98. The van der Waals surface area contributed by atoms with Crippen LogP contribution in [0, 0.1) is 6.92 Å². The Hall–Kier alpha value is -2.87. The number of rotatable bonds is 7. The van der Waals surface area contributed by atoms with E-state index in [9.17, 15) is 23.1 Å². The Bertz CT molecular complexity index is 937. The molecule has 0 fully saturated rings. The highest BCUT2D eigenvalue weighted by Gasteiger charge is 2.33. The molecule has 1 unspecified atom stereocenters. The average molecular weight is 390 g/mol. The molecule has 0 spiro atoms. The van der Waals surface area contributed by atoms with Crippen molar-refractivity contribution >= 4 is 27.6 Å². The summed E-state index contributed by atoms with van der Waals surface area (Å²) in [5.74, 6) is -1.72. The fraction of sp³-hybridized carbons (Fsp3) is 0.263. The van der Waals surface area contributed by atoms with Gasteiger partial charge in [-0.1, -0.05) is 24.6 Å². The van der Waals surface area contributed by atoms with Gasteiger partial charge in [-0.05, 0) is 56.7 Å². The Morgan fingerprint density at radius 1 is 1.04 bits per heavy atom. The second-order valence-corrected chi connectivity index (χ2v) is 8.12. The van der Waals surface area contributed by atoms with Crippen molar-refractivity contribution in [1.82, 2.24) is 5.32 Å². The number of nitrogens with one attached hydrogen (secondary N) is 2. The molecule has 144 valence electrons. The van der Waals surface area contributed by atoms with E-state index >= 15 is 0 Å². The monoisotopic (exact) mass is 390 g/mol. The third kappa shape index (κ3) is 4.85. The summed E-state index contributed by atoms with van der Waals surface area (Å²) in [4.78, 5) is 23.6. The maximum atomic E-state index is 12.4. The first kappa shape index (κ1) is 20.4. The van der Waals surface area contributed by atoms with Crippen LogP contribution in [0.3, 0.4) is 0 Å². The van der Waals surface area contributed by atoms with Crippen LogP contribution in [0.4, 0.5) is 5.69 Å². The number of carboxylic acid groups (broad SMARTS) is 1. The molecule has 0 saturated heterocycles. The number of carbonyl (C=O) groups excluding carboxylic acids is 1. The Morgan fingerprint density at radius 3 is 2.07 bits per heavy atom. The van der Waals surface area contributed by atoms with Crippen molar-refractivity contribution < 1.29 is 23.1 Å². The molecule has 1 amide bonds. The van der Waals surface area contributed by atoms with Crippen molar-refractivity contribution in [2.24, 2.45) is 0 Å². The summed E-state index contributed by atoms with van der Waals surface area (Å²) in [6, 6.07) is 12.2. The van der Waals surface area contributed by atoms with E-state index in [0.717, 1.165) is 5.56 Å². The van der Waals surface area contributed by atoms with Gasteiger partial charge in [0.25, 0.3) is 15.9 Å². The van der Waals surface area contributed by atoms with Crippen LogP contribution in [-0.2, 0) is 14.8 Å². The Morgan fingerprint density at radius 2 is 1.59 bits per heavy atom. The molecule has 0 bridgehead atoms. The summed E-state index contributed by atoms with van der Waals surface area (Å²) in [5, 5.41) is 11.7. The summed E-state index contributed by atoms with van der Waals surface area (Å²) in [5.41, 5.74) is 0.219. The zero-order valence-corrected chi connectivity index (χ0v) is 16.1. The molecule has 3 N–H and O–H groups in total. The number of benzene rings is 2. The van der Waals surface area contributed by atoms with E-state index < -0.39 is 27.4 Å². The first-order chi connectivity index (χ1) is 12.6. The fourth-order valence-corrected chi connectivity index (χ4v) is 3.30. The zero-order valence-electron chi connectivity index (χ0n) is 15.3. The Balaban J connectivity index is 2.17. The number of aryl methyl sites for hydroxylation is 1. The number of anilines is 1. The van der Waals surface area contributed by atoms with Gasteiger partial charge in [0.1, 0.15) is 5.54 Å². The van der Waals surface area contributed by atoms with Gasteiger partial charge >= 0.3 is 5.97 Å². The largest absolute Gasteiger partial charge is 0.480 e. The summed E-state index contributed by atoms with van der Waals surface area (Å²) in [6.45, 7) is 4.97. The quantitative estimate of drug-likeness (QED) is 0.673. The third-order valence-corrected chi connectivity index (χ3v) is 5.70. The van der Waals surface area contributed by atoms with Gasteiger partial charge in [0.2, 0.25) is 0 Å². The number of amides is 1. The molecule has 0 aromatic heterocycles. The number of hydrogen-bond acceptors (Lipinski definition) is 4. The van der Waals surface area contributed by atoms with Crippen molar-refractivity contribution in [2.75, 3.05) is 4.72 Å². The Labute approximate surface area is 158 Å². The molecule has 27 heavy (non-hydrogen) atoms. The third-order valence-electron chi connectivity index (χ3n) is 4.30. The predicted octanol–water partition coefficient (Wildman–Crippen LogP) is 2.78. The maximum Gasteiger partial charge on any atom is 0.329 e. The van der Waals surface area contributed by atoms with E-state index in [1.165, 1.54) is 31.2 Å². The molecular formula is C19H22N2O5S. The molecule has 0 heterocycles. The van der Waals surface area contributed by atoms with Crippen LogP contribution in [-0.4, -0.2) is 30.9 Å². The minimum absolute atomic E-state index is 0.00360. The molecule has 0 aliphatic rings. The van der Waals surface area contributed by atoms with Crippen LogP contribution in [0.1, 0.15) is 36.2 Å². The standard InChI is InChI=1S/C19H22N2O5S/c1-4-19(3,18(23)24)20-17(22)14-7-11-16(12-8-14)27(25,26)21-15-9-5-13(2)6-10-15/h5-12,21H,4H2,1-3H3,(H,20,22)(H,23,24). The molecule has 0 aliphatic carbocycles. The predicted molar refractivity (Wildman–Crippen MR) is 102 cm³/mol. The normalized spacial score (nSPS) is 13.4. The lowest BCUT2D eigenvalue weighted by Crippen LogP contribution is -2.51. The Kier molecular flexibility index (Phi) is 5.90. The SMILES string of the molecule is CCC(C)(NC(=O)c1ccc(S(=O)(=O)Nc2ccc(C)cc2)cc1)C(=O)O. The van der Waals surface area contributed by atoms with E-state index in [4.69, 9.17) is 0 Å². The summed E-state index contributed by atoms with van der Waals surface area (Å²) < 4.78 is 27.4. The lowest BCUT2D eigenvalue weighted by molar-refractivity contribution is -0.143. The van der Waals surface area contributed by atoms with Crippen LogP contribution < -0.4 is 10.0 Å². The number of carbonyl (C=O) groups is 2. The number of sulfonamides is 1. The first-order valence-electron chi connectivity index (χ1n) is 8.33. The van der Waals surface area contributed by atoms with Crippen molar-refractivity contribution in [1.29, 1.82) is 0 Å². The van der Waals surface area contributed by atoms with Gasteiger partial charge < -0.3 is 10.4 Å². The fourth-order valence-electron chi connectivity index (χ4n) is 2.24. The van der Waals surface area contributed by atoms with Crippen molar-refractivity contribution in [3.63, 3.8) is 0 Å². The van der Waals surface area contributed by atoms with E-state index in [-0.39, 0.29) is 16.9 Å². The highest BCUT2D eigenvalue weighted by atomic mass is 32.2. The van der Waals surface area contributed by atoms with Gasteiger partial charge in [-0.2, -0.15) is 0 Å².